The molecule has 4 aromatic rings. The number of rotatable bonds is 8. The van der Waals surface area contributed by atoms with E-state index in [0.29, 0.717) is 23.0 Å². The van der Waals surface area contributed by atoms with Crippen LogP contribution >= 0.6 is 23.4 Å². The fraction of sp³-hybridized carbons (Fsp3) is 0.400. The second-order valence-corrected chi connectivity index (χ2v) is 17.7. The van der Waals surface area contributed by atoms with E-state index in [1.807, 2.05) is 25.6 Å². The number of nitrogens with one attached hydrogen (secondary N) is 1. The molecule has 210 valence electrons. The molecule has 2 aromatic heterocycles. The van der Waals surface area contributed by atoms with Gasteiger partial charge in [-0.15, -0.1) is 11.8 Å². The molecule has 1 aliphatic heterocycles. The maximum atomic E-state index is 12.2. The topological polar surface area (TPSA) is 81.9 Å². The van der Waals surface area contributed by atoms with E-state index in [0.717, 1.165) is 12.8 Å². The number of carbonyl (C=O) groups is 1. The van der Waals surface area contributed by atoms with Crippen molar-refractivity contribution < 1.29 is 9.22 Å². The molecule has 0 radical (unpaired) electrons. The summed E-state index contributed by atoms with van der Waals surface area (Å²) in [6.45, 7) is 11.2. The van der Waals surface area contributed by atoms with Crippen LogP contribution in [0.2, 0.25) is 10.2 Å². The number of amides is 1. The monoisotopic (exact) mass is 593 g/mol. The van der Waals surface area contributed by atoms with Gasteiger partial charge in [-0.3, -0.25) is 10.1 Å². The summed E-state index contributed by atoms with van der Waals surface area (Å²) >= 11 is 8.32. The Hall–Kier alpha value is -2.72. The highest BCUT2D eigenvalue weighted by Crippen LogP contribution is 2.44. The fourth-order valence-electron chi connectivity index (χ4n) is 5.40. The molecule has 10 heteroatoms. The molecule has 7 nitrogen and oxygen atoms in total. The number of nitrogens with zero attached hydrogens (tertiary/aromatic N) is 4. The van der Waals surface area contributed by atoms with Crippen molar-refractivity contribution in [1.82, 2.24) is 19.5 Å². The zero-order chi connectivity index (χ0) is 28.5. The number of hydrogen-bond donors (Lipinski definition) is 1. The summed E-state index contributed by atoms with van der Waals surface area (Å²) < 4.78 is 9.26. The molecule has 2 atom stereocenters. The minimum atomic E-state index is -2.60. The van der Waals surface area contributed by atoms with Gasteiger partial charge in [0.1, 0.15) is 5.52 Å². The number of anilines is 1. The number of thioether (sulfide) groups is 1. The van der Waals surface area contributed by atoms with Gasteiger partial charge in [0.05, 0.1) is 11.7 Å². The van der Waals surface area contributed by atoms with Gasteiger partial charge >= 0.3 is 0 Å². The number of aromatic nitrogens is 4. The SMILES string of the molecule is CC(C)C(=O)Nc1nc(Cl)c2ncn(C3CC[C@@H](CO[Si](c4ccccc4)(c4ccccc4)C(C)(C)C)S3)c2n1. The van der Waals surface area contributed by atoms with Gasteiger partial charge in [-0.2, -0.15) is 9.97 Å². The van der Waals surface area contributed by atoms with Crippen LogP contribution < -0.4 is 15.7 Å². The summed E-state index contributed by atoms with van der Waals surface area (Å²) in [5.74, 6) is -0.144. The minimum Gasteiger partial charge on any atom is -0.406 e. The van der Waals surface area contributed by atoms with Crippen LogP contribution in [0.1, 0.15) is 52.8 Å². The van der Waals surface area contributed by atoms with Crippen LogP contribution in [-0.4, -0.2) is 45.6 Å². The molecule has 1 aliphatic rings. The van der Waals surface area contributed by atoms with Gasteiger partial charge in [0.2, 0.25) is 11.9 Å². The maximum Gasteiger partial charge on any atom is 0.261 e. The van der Waals surface area contributed by atoms with Crippen LogP contribution in [0.3, 0.4) is 0 Å². The van der Waals surface area contributed by atoms with Gasteiger partial charge in [-0.05, 0) is 28.3 Å². The molecular weight excluding hydrogens is 558 g/mol. The van der Waals surface area contributed by atoms with E-state index >= 15 is 0 Å². The smallest absolute Gasteiger partial charge is 0.261 e. The maximum absolute atomic E-state index is 12.2. The number of benzene rings is 2. The second kappa shape index (κ2) is 11.6. The zero-order valence-electron chi connectivity index (χ0n) is 23.6. The molecule has 0 saturated carbocycles. The third-order valence-corrected chi connectivity index (χ3v) is 14.2. The number of carbonyl (C=O) groups excluding carboxylic acids is 1. The molecule has 40 heavy (non-hydrogen) atoms. The van der Waals surface area contributed by atoms with E-state index in [4.69, 9.17) is 16.0 Å². The van der Waals surface area contributed by atoms with Crippen LogP contribution in [0.25, 0.3) is 11.2 Å². The molecule has 0 aliphatic carbocycles. The zero-order valence-corrected chi connectivity index (χ0v) is 26.2. The Morgan fingerprint density at radius 2 is 1.70 bits per heavy atom. The van der Waals surface area contributed by atoms with E-state index in [1.165, 1.54) is 10.4 Å². The van der Waals surface area contributed by atoms with Crippen LogP contribution in [0.15, 0.2) is 67.0 Å². The quantitative estimate of drug-likeness (QED) is 0.198. The van der Waals surface area contributed by atoms with Crippen molar-refractivity contribution in [3.63, 3.8) is 0 Å². The van der Waals surface area contributed by atoms with E-state index in [-0.39, 0.29) is 33.3 Å². The Morgan fingerprint density at radius 3 is 2.27 bits per heavy atom. The Morgan fingerprint density at radius 1 is 1.07 bits per heavy atom. The Kier molecular flexibility index (Phi) is 8.38. The first kappa shape index (κ1) is 28.8. The molecular formula is C30H36ClN5O2SSi. The van der Waals surface area contributed by atoms with Crippen molar-refractivity contribution >= 4 is 65.1 Å². The fourth-order valence-corrected chi connectivity index (χ4v) is 11.8. The number of imidazole rings is 1. The predicted molar refractivity (Wildman–Crippen MR) is 167 cm³/mol. The van der Waals surface area contributed by atoms with Crippen LogP contribution in [0, 0.1) is 5.92 Å². The van der Waals surface area contributed by atoms with Crippen LogP contribution in [-0.2, 0) is 9.22 Å². The lowest BCUT2D eigenvalue weighted by atomic mass is 10.2. The van der Waals surface area contributed by atoms with Gasteiger partial charge in [-0.1, -0.05) is 107 Å². The summed E-state index contributed by atoms with van der Waals surface area (Å²) in [7, 11) is -2.60. The van der Waals surface area contributed by atoms with Crippen LogP contribution in [0.5, 0.6) is 0 Å². The Balaban J connectivity index is 1.39. The Bertz CT molecular complexity index is 1440. The van der Waals surface area contributed by atoms with Crippen molar-refractivity contribution in [3.8, 4) is 0 Å². The number of hydrogen-bond acceptors (Lipinski definition) is 6. The van der Waals surface area contributed by atoms with E-state index in [9.17, 15) is 4.79 Å². The van der Waals surface area contributed by atoms with Crippen molar-refractivity contribution in [2.45, 2.75) is 63.1 Å². The van der Waals surface area contributed by atoms with Gasteiger partial charge < -0.3 is 8.99 Å². The van der Waals surface area contributed by atoms with Crippen molar-refractivity contribution in [3.05, 3.63) is 72.1 Å². The number of halogens is 1. The molecule has 1 saturated heterocycles. The average molecular weight is 594 g/mol. The van der Waals surface area contributed by atoms with E-state index in [1.54, 1.807) is 6.33 Å². The molecule has 0 bridgehead atoms. The normalized spacial score (nSPS) is 18.0. The average Bonchev–Trinajstić information content (AvgIpc) is 3.57. The molecule has 0 spiro atoms. The van der Waals surface area contributed by atoms with Crippen LogP contribution in [0.4, 0.5) is 5.95 Å². The second-order valence-electron chi connectivity index (χ2n) is 11.6. The lowest BCUT2D eigenvalue weighted by Crippen LogP contribution is -2.67. The van der Waals surface area contributed by atoms with Crippen molar-refractivity contribution in [1.29, 1.82) is 0 Å². The first-order chi connectivity index (χ1) is 19.1. The summed E-state index contributed by atoms with van der Waals surface area (Å²) in [6.07, 6.45) is 3.76. The summed E-state index contributed by atoms with van der Waals surface area (Å²) in [6, 6.07) is 21.5. The highest BCUT2D eigenvalue weighted by Gasteiger charge is 2.50. The summed E-state index contributed by atoms with van der Waals surface area (Å²) in [5.41, 5.74) is 1.17. The van der Waals surface area contributed by atoms with Gasteiger partial charge in [0, 0.05) is 17.8 Å². The third kappa shape index (κ3) is 5.57. The summed E-state index contributed by atoms with van der Waals surface area (Å²) in [5, 5.41) is 5.97. The standard InChI is InChI=1S/C30H36ClN5O2SSi/c1-20(2)28(37)35-29-33-26(31)25-27(34-29)36(19-32-25)24-17-16-21(39-24)18-38-40(30(3,4)5,22-12-8-6-9-13-22)23-14-10-7-11-15-23/h6-15,19-21,24H,16-18H2,1-5H3,(H,33,34,35,37)/t21-,24?/m0/s1. The largest absolute Gasteiger partial charge is 0.406 e. The molecule has 1 N–H and O–H groups in total. The first-order valence-electron chi connectivity index (χ1n) is 13.7. The van der Waals surface area contributed by atoms with Crippen molar-refractivity contribution in [2.24, 2.45) is 5.92 Å². The molecule has 1 fully saturated rings. The molecule has 2 aromatic carbocycles. The van der Waals surface area contributed by atoms with Gasteiger partial charge in [-0.25, -0.2) is 4.98 Å². The third-order valence-electron chi connectivity index (χ3n) is 7.44. The summed E-state index contributed by atoms with van der Waals surface area (Å²) in [4.78, 5) is 25.6. The van der Waals surface area contributed by atoms with Gasteiger partial charge in [0.15, 0.2) is 10.8 Å². The predicted octanol–water partition coefficient (Wildman–Crippen LogP) is 6.05. The number of fused-ring (bicyclic) bond motifs is 1. The lowest BCUT2D eigenvalue weighted by Gasteiger charge is -2.43. The van der Waals surface area contributed by atoms with E-state index in [2.05, 4.69) is 106 Å². The minimum absolute atomic E-state index is 0.0661. The molecule has 1 amide bonds. The Labute approximate surface area is 246 Å². The highest BCUT2D eigenvalue weighted by molar-refractivity contribution is 8.00. The van der Waals surface area contributed by atoms with Crippen molar-refractivity contribution in [2.75, 3.05) is 11.9 Å². The molecule has 1 unspecified atom stereocenters. The van der Waals surface area contributed by atoms with Gasteiger partial charge in [0.25, 0.3) is 8.32 Å². The molecule has 3 heterocycles. The first-order valence-corrected chi connectivity index (χ1v) is 16.9. The lowest BCUT2D eigenvalue weighted by molar-refractivity contribution is -0.118. The van der Waals surface area contributed by atoms with E-state index < -0.39 is 8.32 Å². The highest BCUT2D eigenvalue weighted by atomic mass is 35.5. The molecule has 5 rings (SSSR count).